The molecule has 0 atom stereocenters. The van der Waals surface area contributed by atoms with E-state index in [0.29, 0.717) is 29.4 Å². The van der Waals surface area contributed by atoms with Gasteiger partial charge in [0.25, 0.3) is 5.56 Å². The van der Waals surface area contributed by atoms with E-state index in [9.17, 15) is 9.59 Å². The van der Waals surface area contributed by atoms with E-state index < -0.39 is 0 Å². The second kappa shape index (κ2) is 15.6. The van der Waals surface area contributed by atoms with Crippen LogP contribution in [0.5, 0.6) is 0 Å². The van der Waals surface area contributed by atoms with Gasteiger partial charge in [-0.05, 0) is 41.8 Å². The predicted octanol–water partition coefficient (Wildman–Crippen LogP) is 5.10. The number of amidine groups is 1. The summed E-state index contributed by atoms with van der Waals surface area (Å²) in [6, 6.07) is 30.6. The van der Waals surface area contributed by atoms with Crippen LogP contribution in [0.15, 0.2) is 112 Å². The number of halogens is 2. The summed E-state index contributed by atoms with van der Waals surface area (Å²) in [6.07, 6.45) is 0.781. The second-order valence-corrected chi connectivity index (χ2v) is 9.54. The third-order valence-electron chi connectivity index (χ3n) is 5.73. The molecule has 0 saturated heterocycles. The van der Waals surface area contributed by atoms with Gasteiger partial charge in [0.05, 0.1) is 5.03 Å². The summed E-state index contributed by atoms with van der Waals surface area (Å²) in [7, 11) is 0. The molecule has 3 aromatic carbocycles. The molecular formula is C29H31Cl2N5O2S. The van der Waals surface area contributed by atoms with Gasteiger partial charge in [-0.3, -0.25) is 19.6 Å². The average molecular weight is 585 g/mol. The Kier molecular flexibility index (Phi) is 12.6. The number of benzene rings is 3. The lowest BCUT2D eigenvalue weighted by Crippen LogP contribution is -2.33. The molecule has 0 bridgehead atoms. The lowest BCUT2D eigenvalue weighted by molar-refractivity contribution is -0.122. The smallest absolute Gasteiger partial charge is 0.275 e. The number of nitrogen functional groups attached to an aromatic ring is 1. The topological polar surface area (TPSA) is 113 Å². The minimum atomic E-state index is -0.269. The van der Waals surface area contributed by atoms with Gasteiger partial charge >= 0.3 is 0 Å². The molecule has 0 unspecified atom stereocenters. The number of aromatic nitrogens is 1. The predicted molar refractivity (Wildman–Crippen MR) is 164 cm³/mol. The lowest BCUT2D eigenvalue weighted by atomic mass is 10.1. The van der Waals surface area contributed by atoms with Crippen LogP contribution in [0, 0.1) is 5.41 Å². The van der Waals surface area contributed by atoms with Gasteiger partial charge in [-0.1, -0.05) is 84.6 Å². The Morgan fingerprint density at radius 3 is 2.13 bits per heavy atom. The summed E-state index contributed by atoms with van der Waals surface area (Å²) in [5.41, 5.74) is 8.40. The van der Waals surface area contributed by atoms with Gasteiger partial charge < -0.3 is 16.4 Å². The maximum absolute atomic E-state index is 13.4. The molecule has 10 heteroatoms. The molecule has 0 spiro atoms. The van der Waals surface area contributed by atoms with E-state index in [4.69, 9.17) is 11.1 Å². The largest absolute Gasteiger partial charge is 0.384 e. The number of nitrogens with zero attached hydrogens (tertiary/aromatic N) is 1. The number of carbonyl (C=O) groups excluding carboxylic acids is 1. The van der Waals surface area contributed by atoms with Crippen LogP contribution in [0.25, 0.3) is 0 Å². The van der Waals surface area contributed by atoms with Crippen molar-refractivity contribution < 1.29 is 4.79 Å². The van der Waals surface area contributed by atoms with Crippen molar-refractivity contribution >= 4 is 54.0 Å². The summed E-state index contributed by atoms with van der Waals surface area (Å²) >= 11 is 1.44. The molecule has 0 aliphatic rings. The fourth-order valence-corrected chi connectivity index (χ4v) is 4.66. The Morgan fingerprint density at radius 2 is 1.49 bits per heavy atom. The van der Waals surface area contributed by atoms with Crippen molar-refractivity contribution in [1.29, 1.82) is 5.41 Å². The summed E-state index contributed by atoms with van der Waals surface area (Å²) in [6.45, 7) is 0.808. The van der Waals surface area contributed by atoms with Crippen molar-refractivity contribution in [3.63, 3.8) is 0 Å². The number of nitrogens with one attached hydrogen (secondary N) is 3. The van der Waals surface area contributed by atoms with Crippen LogP contribution < -0.4 is 21.9 Å². The van der Waals surface area contributed by atoms with Crippen LogP contribution in [0.4, 0.5) is 5.69 Å². The molecule has 4 aromatic rings. The first-order valence-electron chi connectivity index (χ1n) is 11.9. The minimum absolute atomic E-state index is 0. The van der Waals surface area contributed by atoms with E-state index >= 15 is 0 Å². The molecule has 0 saturated carbocycles. The van der Waals surface area contributed by atoms with Gasteiger partial charge in [-0.2, -0.15) is 0 Å². The van der Waals surface area contributed by atoms with Gasteiger partial charge in [0.15, 0.2) is 0 Å². The third-order valence-corrected chi connectivity index (χ3v) is 6.80. The van der Waals surface area contributed by atoms with E-state index in [1.54, 1.807) is 18.2 Å². The highest BCUT2D eigenvalue weighted by molar-refractivity contribution is 7.99. The highest BCUT2D eigenvalue weighted by Crippen LogP contribution is 2.27. The number of amides is 1. The van der Waals surface area contributed by atoms with Gasteiger partial charge in [-0.15, -0.1) is 24.8 Å². The van der Waals surface area contributed by atoms with Gasteiger partial charge in [0.2, 0.25) is 5.91 Å². The standard InChI is InChI=1S/C29H29N5O2S.2ClH/c30-28(31)23-13-11-22(12-14-23)19-33-26(35)20-34-27(37-24-9-5-2-6-10-24)16-15-25(29(34)36)32-18-17-21-7-3-1-4-8-21;;/h1-16,32H,17-20H2,(H3,30,31)(H,33,35);2*1H. The van der Waals surface area contributed by atoms with Crippen LogP contribution in [0.3, 0.4) is 0 Å². The molecule has 7 nitrogen and oxygen atoms in total. The van der Waals surface area contributed by atoms with E-state index in [1.165, 1.54) is 21.9 Å². The van der Waals surface area contributed by atoms with Crippen LogP contribution in [0.1, 0.15) is 16.7 Å². The highest BCUT2D eigenvalue weighted by atomic mass is 35.5. The summed E-state index contributed by atoms with van der Waals surface area (Å²) in [4.78, 5) is 27.3. The first-order chi connectivity index (χ1) is 18.0. The van der Waals surface area contributed by atoms with Crippen LogP contribution in [0.2, 0.25) is 0 Å². The number of rotatable bonds is 11. The maximum Gasteiger partial charge on any atom is 0.275 e. The molecule has 0 aliphatic carbocycles. The van der Waals surface area contributed by atoms with E-state index in [2.05, 4.69) is 22.8 Å². The zero-order valence-electron chi connectivity index (χ0n) is 21.1. The fraction of sp³-hybridized carbons (Fsp3) is 0.138. The number of carbonyl (C=O) groups is 1. The minimum Gasteiger partial charge on any atom is -0.384 e. The summed E-state index contributed by atoms with van der Waals surface area (Å²) in [5, 5.41) is 14.3. The molecule has 1 aromatic heterocycles. The lowest BCUT2D eigenvalue weighted by Gasteiger charge is -2.15. The number of hydrogen-bond acceptors (Lipinski definition) is 5. The SMILES string of the molecule is Cl.Cl.N=C(N)c1ccc(CNC(=O)Cn2c(Sc3ccccc3)ccc(NCCc3ccccc3)c2=O)cc1. The Bertz CT molecular complexity index is 1420. The fourth-order valence-electron chi connectivity index (χ4n) is 3.73. The third kappa shape index (κ3) is 9.21. The van der Waals surface area contributed by atoms with Gasteiger partial charge in [-0.25, -0.2) is 0 Å². The monoisotopic (exact) mass is 583 g/mol. The molecular weight excluding hydrogens is 553 g/mol. The summed E-state index contributed by atoms with van der Waals surface area (Å²) in [5.74, 6) is -0.273. The Morgan fingerprint density at radius 1 is 0.846 bits per heavy atom. The van der Waals surface area contributed by atoms with Crippen molar-refractivity contribution in [2.75, 3.05) is 11.9 Å². The zero-order chi connectivity index (χ0) is 26.0. The number of anilines is 1. The number of hydrogen-bond donors (Lipinski definition) is 4. The van der Waals surface area contributed by atoms with Gasteiger partial charge in [0, 0.05) is 23.5 Å². The first kappa shape index (κ1) is 31.5. The summed E-state index contributed by atoms with van der Waals surface area (Å²) < 4.78 is 1.51. The molecule has 0 aliphatic heterocycles. The Hall–Kier alpha value is -3.72. The van der Waals surface area contributed by atoms with Crippen molar-refractivity contribution in [1.82, 2.24) is 9.88 Å². The van der Waals surface area contributed by atoms with E-state index in [1.807, 2.05) is 66.7 Å². The highest BCUT2D eigenvalue weighted by Gasteiger charge is 2.14. The van der Waals surface area contributed by atoms with E-state index in [0.717, 1.165) is 16.9 Å². The second-order valence-electron chi connectivity index (χ2n) is 8.44. The van der Waals surface area contributed by atoms with Crippen molar-refractivity contribution in [3.05, 3.63) is 124 Å². The first-order valence-corrected chi connectivity index (χ1v) is 12.8. The van der Waals surface area contributed by atoms with Crippen molar-refractivity contribution in [3.8, 4) is 0 Å². The zero-order valence-corrected chi connectivity index (χ0v) is 23.6. The number of nitrogens with two attached hydrogens (primary N) is 1. The normalized spacial score (nSPS) is 10.1. The molecule has 1 heterocycles. The maximum atomic E-state index is 13.4. The van der Waals surface area contributed by atoms with Crippen molar-refractivity contribution in [2.24, 2.45) is 5.73 Å². The average Bonchev–Trinajstić information content (AvgIpc) is 2.92. The molecule has 0 fully saturated rings. The quantitative estimate of drug-likeness (QED) is 0.145. The van der Waals surface area contributed by atoms with Crippen molar-refractivity contribution in [2.45, 2.75) is 29.4 Å². The molecule has 1 amide bonds. The van der Waals surface area contributed by atoms with Crippen LogP contribution in [-0.2, 0) is 24.3 Å². The molecule has 5 N–H and O–H groups in total. The van der Waals surface area contributed by atoms with Gasteiger partial charge in [0.1, 0.15) is 18.1 Å². The van der Waals surface area contributed by atoms with E-state index in [-0.39, 0.29) is 48.7 Å². The Balaban J connectivity index is 0.00000267. The molecule has 0 radical (unpaired) electrons. The molecule has 4 rings (SSSR count). The Labute approximate surface area is 244 Å². The number of pyridine rings is 1. The van der Waals surface area contributed by atoms with Crippen LogP contribution >= 0.6 is 36.6 Å². The molecule has 39 heavy (non-hydrogen) atoms. The molecule has 204 valence electrons. The van der Waals surface area contributed by atoms with Crippen LogP contribution in [-0.4, -0.2) is 22.9 Å².